The largest absolute Gasteiger partial charge is 0.486 e. The van der Waals surface area contributed by atoms with Gasteiger partial charge in [0.2, 0.25) is 0 Å². The Labute approximate surface area is 135 Å². The zero-order valence-electron chi connectivity index (χ0n) is 11.2. The Morgan fingerprint density at radius 2 is 1.86 bits per heavy atom. The highest BCUT2D eigenvalue weighted by molar-refractivity contribution is 9.10. The third-order valence-corrected chi connectivity index (χ3v) is 4.74. The van der Waals surface area contributed by atoms with Gasteiger partial charge in [0.05, 0.1) is 5.75 Å². The molecule has 0 N–H and O–H groups in total. The predicted octanol–water partition coefficient (Wildman–Crippen LogP) is 4.20. The van der Waals surface area contributed by atoms with Crippen molar-refractivity contribution in [1.29, 1.82) is 0 Å². The molecule has 0 aliphatic carbocycles. The Kier molecular flexibility index (Phi) is 4.51. The van der Waals surface area contributed by atoms with Crippen LogP contribution in [0.4, 0.5) is 0 Å². The first kappa shape index (κ1) is 14.5. The van der Waals surface area contributed by atoms with E-state index < -0.39 is 0 Å². The van der Waals surface area contributed by atoms with Crippen LogP contribution < -0.4 is 9.47 Å². The second-order valence-corrected chi connectivity index (χ2v) is 6.40. The molecule has 1 aliphatic rings. The van der Waals surface area contributed by atoms with Crippen LogP contribution in [0.1, 0.15) is 10.4 Å². The lowest BCUT2D eigenvalue weighted by atomic mass is 10.1. The summed E-state index contributed by atoms with van der Waals surface area (Å²) in [7, 11) is 0. The van der Waals surface area contributed by atoms with Crippen molar-refractivity contribution >= 4 is 33.5 Å². The first-order valence-electron chi connectivity index (χ1n) is 6.54. The number of carbonyl (C=O) groups excluding carboxylic acids is 1. The molecule has 1 heterocycles. The summed E-state index contributed by atoms with van der Waals surface area (Å²) in [5.41, 5.74) is 0.711. The molecule has 0 amide bonds. The summed E-state index contributed by atoms with van der Waals surface area (Å²) in [5.74, 6) is 2.01. The molecule has 2 aromatic carbocycles. The Morgan fingerprint density at radius 1 is 1.10 bits per heavy atom. The maximum atomic E-state index is 12.2. The molecular formula is C16H13BrO3S. The number of carbonyl (C=O) groups is 1. The molecule has 0 fully saturated rings. The fourth-order valence-corrected chi connectivity index (χ4v) is 3.34. The minimum atomic E-state index is 0.0994. The molecule has 0 saturated heterocycles. The number of hydrogen-bond donors (Lipinski definition) is 0. The highest BCUT2D eigenvalue weighted by Crippen LogP contribution is 2.34. The summed E-state index contributed by atoms with van der Waals surface area (Å²) in [6.45, 7) is 1.15. The number of benzene rings is 2. The molecule has 5 heteroatoms. The van der Waals surface area contributed by atoms with Crippen molar-refractivity contribution in [3.8, 4) is 11.5 Å². The van der Waals surface area contributed by atoms with Crippen LogP contribution in [0.3, 0.4) is 0 Å². The Bertz CT molecular complexity index is 672. The molecule has 0 aromatic heterocycles. The van der Waals surface area contributed by atoms with Crippen LogP contribution in [0.15, 0.2) is 51.8 Å². The molecule has 108 valence electrons. The van der Waals surface area contributed by atoms with E-state index >= 15 is 0 Å². The van der Waals surface area contributed by atoms with Crippen molar-refractivity contribution in [1.82, 2.24) is 0 Å². The van der Waals surface area contributed by atoms with Crippen LogP contribution in [0.5, 0.6) is 11.5 Å². The van der Waals surface area contributed by atoms with E-state index in [1.54, 1.807) is 0 Å². The number of rotatable bonds is 4. The maximum Gasteiger partial charge on any atom is 0.174 e. The topological polar surface area (TPSA) is 35.5 Å². The van der Waals surface area contributed by atoms with E-state index in [0.717, 1.165) is 20.9 Å². The van der Waals surface area contributed by atoms with E-state index in [1.807, 2.05) is 42.5 Å². The van der Waals surface area contributed by atoms with Crippen molar-refractivity contribution in [2.45, 2.75) is 4.90 Å². The van der Waals surface area contributed by atoms with E-state index in [0.29, 0.717) is 24.5 Å². The smallest absolute Gasteiger partial charge is 0.174 e. The van der Waals surface area contributed by atoms with Crippen LogP contribution in [-0.2, 0) is 0 Å². The van der Waals surface area contributed by atoms with E-state index in [4.69, 9.17) is 9.47 Å². The van der Waals surface area contributed by atoms with Crippen molar-refractivity contribution in [3.05, 3.63) is 52.5 Å². The number of halogens is 1. The highest BCUT2D eigenvalue weighted by atomic mass is 79.9. The Balaban J connectivity index is 1.68. The number of thioether (sulfide) groups is 1. The van der Waals surface area contributed by atoms with Crippen molar-refractivity contribution in [2.24, 2.45) is 0 Å². The average molecular weight is 365 g/mol. The van der Waals surface area contributed by atoms with Gasteiger partial charge in [-0.3, -0.25) is 4.79 Å². The van der Waals surface area contributed by atoms with Crippen molar-refractivity contribution in [2.75, 3.05) is 19.0 Å². The molecule has 3 nitrogen and oxygen atoms in total. The summed E-state index contributed by atoms with van der Waals surface area (Å²) in [4.78, 5) is 13.2. The summed E-state index contributed by atoms with van der Waals surface area (Å²) in [5, 5.41) is 0. The standard InChI is InChI=1S/C16H13BrO3S/c17-13-4-2-1-3-12(13)14(18)10-21-11-5-6-15-16(9-11)20-8-7-19-15/h1-6,9H,7-8,10H2. The first-order valence-corrected chi connectivity index (χ1v) is 8.32. The molecule has 0 radical (unpaired) electrons. The first-order chi connectivity index (χ1) is 10.2. The molecule has 0 spiro atoms. The van der Waals surface area contributed by atoms with E-state index in [1.165, 1.54) is 11.8 Å². The number of fused-ring (bicyclic) bond motifs is 1. The van der Waals surface area contributed by atoms with Gasteiger partial charge in [0.1, 0.15) is 13.2 Å². The van der Waals surface area contributed by atoms with Crippen LogP contribution in [0.25, 0.3) is 0 Å². The van der Waals surface area contributed by atoms with Crippen LogP contribution in [0, 0.1) is 0 Å². The summed E-state index contributed by atoms with van der Waals surface area (Å²) >= 11 is 4.90. The number of ketones is 1. The minimum absolute atomic E-state index is 0.0994. The van der Waals surface area contributed by atoms with E-state index in [2.05, 4.69) is 15.9 Å². The van der Waals surface area contributed by atoms with Gasteiger partial charge < -0.3 is 9.47 Å². The quantitative estimate of drug-likeness (QED) is 0.601. The third kappa shape index (κ3) is 3.41. The van der Waals surface area contributed by atoms with Gasteiger partial charge in [-0.05, 0) is 24.3 Å². The van der Waals surface area contributed by atoms with Crippen molar-refractivity contribution < 1.29 is 14.3 Å². The van der Waals surface area contributed by atoms with E-state index in [9.17, 15) is 4.79 Å². The molecule has 0 bridgehead atoms. The van der Waals surface area contributed by atoms with Gasteiger partial charge in [0.15, 0.2) is 17.3 Å². The van der Waals surface area contributed by atoms with E-state index in [-0.39, 0.29) is 5.78 Å². The van der Waals surface area contributed by atoms with Crippen LogP contribution in [-0.4, -0.2) is 24.7 Å². The Hall–Kier alpha value is -1.46. The summed E-state index contributed by atoms with van der Waals surface area (Å²) in [6, 6.07) is 13.2. The minimum Gasteiger partial charge on any atom is -0.486 e. The Morgan fingerprint density at radius 3 is 2.67 bits per heavy atom. The lowest BCUT2D eigenvalue weighted by molar-refractivity contribution is 0.102. The van der Waals surface area contributed by atoms with Gasteiger partial charge in [-0.1, -0.05) is 34.1 Å². The number of ether oxygens (including phenoxy) is 2. The van der Waals surface area contributed by atoms with Gasteiger partial charge in [0.25, 0.3) is 0 Å². The second kappa shape index (κ2) is 6.54. The predicted molar refractivity (Wildman–Crippen MR) is 86.6 cm³/mol. The van der Waals surface area contributed by atoms with Gasteiger partial charge >= 0.3 is 0 Å². The van der Waals surface area contributed by atoms with Gasteiger partial charge in [-0.25, -0.2) is 0 Å². The molecule has 0 saturated carbocycles. The zero-order chi connectivity index (χ0) is 14.7. The lowest BCUT2D eigenvalue weighted by Gasteiger charge is -2.18. The second-order valence-electron chi connectivity index (χ2n) is 4.50. The molecule has 3 rings (SSSR count). The monoisotopic (exact) mass is 364 g/mol. The fraction of sp³-hybridized carbons (Fsp3) is 0.188. The normalized spacial score (nSPS) is 13.0. The maximum absolute atomic E-state index is 12.2. The third-order valence-electron chi connectivity index (χ3n) is 3.06. The molecular weight excluding hydrogens is 352 g/mol. The molecule has 0 atom stereocenters. The average Bonchev–Trinajstić information content (AvgIpc) is 2.53. The molecule has 1 aliphatic heterocycles. The van der Waals surface area contributed by atoms with Crippen LogP contribution >= 0.6 is 27.7 Å². The number of hydrogen-bond acceptors (Lipinski definition) is 4. The van der Waals surface area contributed by atoms with Crippen molar-refractivity contribution in [3.63, 3.8) is 0 Å². The van der Waals surface area contributed by atoms with Gasteiger partial charge in [0, 0.05) is 14.9 Å². The molecule has 21 heavy (non-hydrogen) atoms. The van der Waals surface area contributed by atoms with Crippen LogP contribution in [0.2, 0.25) is 0 Å². The fourth-order valence-electron chi connectivity index (χ4n) is 2.03. The zero-order valence-corrected chi connectivity index (χ0v) is 13.6. The highest BCUT2D eigenvalue weighted by Gasteiger charge is 2.14. The van der Waals surface area contributed by atoms with Gasteiger partial charge in [-0.2, -0.15) is 0 Å². The van der Waals surface area contributed by atoms with Gasteiger partial charge in [-0.15, -0.1) is 11.8 Å². The molecule has 2 aromatic rings. The molecule has 0 unspecified atom stereocenters. The lowest BCUT2D eigenvalue weighted by Crippen LogP contribution is -2.15. The summed E-state index contributed by atoms with van der Waals surface area (Å²) < 4.78 is 11.9. The SMILES string of the molecule is O=C(CSc1ccc2c(c1)OCCO2)c1ccccc1Br. The summed E-state index contributed by atoms with van der Waals surface area (Å²) in [6.07, 6.45) is 0. The number of Topliss-reactive ketones (excluding diaryl/α,β-unsaturated/α-hetero) is 1.